The monoisotopic (exact) mass is 213 g/mol. The van der Waals surface area contributed by atoms with Crippen molar-refractivity contribution in [1.82, 2.24) is 5.32 Å². The zero-order chi connectivity index (χ0) is 11.4. The van der Waals surface area contributed by atoms with Crippen LogP contribution in [0.2, 0.25) is 0 Å². The lowest BCUT2D eigenvalue weighted by Gasteiger charge is -2.10. The van der Waals surface area contributed by atoms with E-state index in [1.54, 1.807) is 6.92 Å². The Balaban J connectivity index is 2.81. The normalized spacial score (nSPS) is 12.3. The summed E-state index contributed by atoms with van der Waals surface area (Å²) >= 11 is 0. The minimum atomic E-state index is -0.617. The maximum absolute atomic E-state index is 12.9. The summed E-state index contributed by atoms with van der Waals surface area (Å²) in [7, 11) is 1.53. The molecule has 0 fully saturated rings. The van der Waals surface area contributed by atoms with Crippen LogP contribution in [0.4, 0.5) is 8.78 Å². The third-order valence-corrected chi connectivity index (χ3v) is 2.22. The highest BCUT2D eigenvalue weighted by Crippen LogP contribution is 2.20. The Morgan fingerprint density at radius 2 is 1.87 bits per heavy atom. The summed E-state index contributed by atoms with van der Waals surface area (Å²) in [6.45, 7) is 1.75. The molecule has 0 aliphatic carbocycles. The van der Waals surface area contributed by atoms with E-state index >= 15 is 0 Å². The molecule has 0 aliphatic heterocycles. The van der Waals surface area contributed by atoms with Crippen molar-refractivity contribution in [3.63, 3.8) is 0 Å². The molecule has 0 saturated carbocycles. The van der Waals surface area contributed by atoms with E-state index in [1.807, 2.05) is 0 Å². The molecule has 4 heteroatoms. The van der Waals surface area contributed by atoms with Gasteiger partial charge in [0.25, 0.3) is 0 Å². The van der Waals surface area contributed by atoms with Crippen LogP contribution in [0.3, 0.4) is 0 Å². The molecule has 1 aromatic rings. The van der Waals surface area contributed by atoms with E-state index in [2.05, 4.69) is 5.32 Å². The Hall–Kier alpha value is -1.45. The number of benzene rings is 1. The number of halogens is 2. The zero-order valence-electron chi connectivity index (χ0n) is 8.68. The van der Waals surface area contributed by atoms with Gasteiger partial charge >= 0.3 is 0 Å². The average molecular weight is 213 g/mol. The molecule has 0 heterocycles. The molecule has 1 aromatic carbocycles. The van der Waals surface area contributed by atoms with Crippen molar-refractivity contribution in [3.8, 4) is 0 Å². The smallest absolute Gasteiger partial charge is 0.220 e. The SMILES string of the molecule is CNC(=O)CC(C)c1cc(F)cc(F)c1. The first kappa shape index (κ1) is 11.6. The van der Waals surface area contributed by atoms with Crippen LogP contribution >= 0.6 is 0 Å². The highest BCUT2D eigenvalue weighted by molar-refractivity contribution is 5.76. The lowest BCUT2D eigenvalue weighted by atomic mass is 9.97. The molecule has 1 atom stereocenters. The molecule has 0 bridgehead atoms. The van der Waals surface area contributed by atoms with Gasteiger partial charge in [0.15, 0.2) is 0 Å². The molecule has 15 heavy (non-hydrogen) atoms. The summed E-state index contributed by atoms with van der Waals surface area (Å²) in [6.07, 6.45) is 0.222. The van der Waals surface area contributed by atoms with Crippen LogP contribution < -0.4 is 5.32 Å². The first-order chi connectivity index (χ1) is 7.02. The molecule has 0 aromatic heterocycles. The number of hydrogen-bond donors (Lipinski definition) is 1. The van der Waals surface area contributed by atoms with Gasteiger partial charge in [-0.3, -0.25) is 4.79 Å². The van der Waals surface area contributed by atoms with Crippen LogP contribution in [0.25, 0.3) is 0 Å². The molecule has 0 spiro atoms. The van der Waals surface area contributed by atoms with E-state index in [9.17, 15) is 13.6 Å². The van der Waals surface area contributed by atoms with Gasteiger partial charge in [-0.05, 0) is 23.6 Å². The fourth-order valence-corrected chi connectivity index (χ4v) is 1.36. The van der Waals surface area contributed by atoms with Crippen LogP contribution in [0.5, 0.6) is 0 Å². The second-order valence-electron chi connectivity index (χ2n) is 3.48. The molecule has 2 nitrogen and oxygen atoms in total. The first-order valence-electron chi connectivity index (χ1n) is 4.69. The largest absolute Gasteiger partial charge is 0.359 e. The maximum Gasteiger partial charge on any atom is 0.220 e. The highest BCUT2D eigenvalue weighted by atomic mass is 19.1. The van der Waals surface area contributed by atoms with Crippen LogP contribution in [0, 0.1) is 11.6 Å². The summed E-state index contributed by atoms with van der Waals surface area (Å²) in [5, 5.41) is 2.47. The number of carbonyl (C=O) groups is 1. The quantitative estimate of drug-likeness (QED) is 0.819. The Morgan fingerprint density at radius 3 is 2.33 bits per heavy atom. The van der Waals surface area contributed by atoms with E-state index < -0.39 is 11.6 Å². The highest BCUT2D eigenvalue weighted by Gasteiger charge is 2.12. The fourth-order valence-electron chi connectivity index (χ4n) is 1.36. The van der Waals surface area contributed by atoms with Crippen LogP contribution in [0.15, 0.2) is 18.2 Å². The fraction of sp³-hybridized carbons (Fsp3) is 0.364. The minimum Gasteiger partial charge on any atom is -0.359 e. The minimum absolute atomic E-state index is 0.146. The van der Waals surface area contributed by atoms with Gasteiger partial charge in [-0.25, -0.2) is 8.78 Å². The molecule has 1 amide bonds. The van der Waals surface area contributed by atoms with Crippen molar-refractivity contribution < 1.29 is 13.6 Å². The van der Waals surface area contributed by atoms with Crippen LogP contribution in [0.1, 0.15) is 24.8 Å². The molecule has 82 valence electrons. The Morgan fingerprint density at radius 1 is 1.33 bits per heavy atom. The summed E-state index contributed by atoms with van der Waals surface area (Å²) < 4.78 is 25.7. The number of nitrogens with one attached hydrogen (secondary N) is 1. The summed E-state index contributed by atoms with van der Waals surface area (Å²) in [5.74, 6) is -1.58. The second-order valence-corrected chi connectivity index (χ2v) is 3.48. The molecular formula is C11H13F2NO. The van der Waals surface area contributed by atoms with Crippen molar-refractivity contribution in [1.29, 1.82) is 0 Å². The Bertz CT molecular complexity index is 345. The molecule has 1 rings (SSSR count). The lowest BCUT2D eigenvalue weighted by molar-refractivity contribution is -0.120. The van der Waals surface area contributed by atoms with E-state index in [1.165, 1.54) is 19.2 Å². The molecule has 0 radical (unpaired) electrons. The first-order valence-corrected chi connectivity index (χ1v) is 4.69. The van der Waals surface area contributed by atoms with Gasteiger partial charge in [0.1, 0.15) is 11.6 Å². The van der Waals surface area contributed by atoms with Gasteiger partial charge in [-0.2, -0.15) is 0 Å². The predicted molar refractivity (Wildman–Crippen MR) is 53.5 cm³/mol. The third kappa shape index (κ3) is 3.31. The lowest BCUT2D eigenvalue weighted by Crippen LogP contribution is -2.19. The van der Waals surface area contributed by atoms with Gasteiger partial charge in [0, 0.05) is 19.5 Å². The van der Waals surface area contributed by atoms with Crippen molar-refractivity contribution >= 4 is 5.91 Å². The van der Waals surface area contributed by atoms with Gasteiger partial charge in [0.2, 0.25) is 5.91 Å². The summed E-state index contributed by atoms with van der Waals surface area (Å²) in [6, 6.07) is 3.31. The predicted octanol–water partition coefficient (Wildman–Crippen LogP) is 2.20. The molecular weight excluding hydrogens is 200 g/mol. The third-order valence-electron chi connectivity index (χ3n) is 2.22. The van der Waals surface area contributed by atoms with Gasteiger partial charge in [-0.1, -0.05) is 6.92 Å². The molecule has 0 aliphatic rings. The van der Waals surface area contributed by atoms with Crippen molar-refractivity contribution in [3.05, 3.63) is 35.4 Å². The number of hydrogen-bond acceptors (Lipinski definition) is 1. The van der Waals surface area contributed by atoms with E-state index in [0.29, 0.717) is 5.56 Å². The van der Waals surface area contributed by atoms with E-state index in [0.717, 1.165) is 6.07 Å². The van der Waals surface area contributed by atoms with Crippen LogP contribution in [-0.2, 0) is 4.79 Å². The van der Waals surface area contributed by atoms with Gasteiger partial charge in [-0.15, -0.1) is 0 Å². The second kappa shape index (κ2) is 4.87. The van der Waals surface area contributed by atoms with Crippen molar-refractivity contribution in [2.45, 2.75) is 19.3 Å². The van der Waals surface area contributed by atoms with Gasteiger partial charge in [0.05, 0.1) is 0 Å². The number of rotatable bonds is 3. The Kier molecular flexibility index (Phi) is 3.77. The number of carbonyl (C=O) groups excluding carboxylic acids is 1. The standard InChI is InChI=1S/C11H13F2NO/c1-7(3-11(15)14-2)8-4-9(12)6-10(13)5-8/h4-7H,3H2,1-2H3,(H,14,15). The average Bonchev–Trinajstić information content (AvgIpc) is 2.16. The summed E-state index contributed by atoms with van der Waals surface area (Å²) in [4.78, 5) is 11.1. The summed E-state index contributed by atoms with van der Waals surface area (Å²) in [5.41, 5.74) is 0.496. The van der Waals surface area contributed by atoms with E-state index in [4.69, 9.17) is 0 Å². The van der Waals surface area contributed by atoms with Crippen LogP contribution in [-0.4, -0.2) is 13.0 Å². The molecule has 1 unspecified atom stereocenters. The van der Waals surface area contributed by atoms with Crippen molar-refractivity contribution in [2.75, 3.05) is 7.05 Å². The van der Waals surface area contributed by atoms with Crippen molar-refractivity contribution in [2.24, 2.45) is 0 Å². The Labute approximate surface area is 87.3 Å². The topological polar surface area (TPSA) is 29.1 Å². The zero-order valence-corrected chi connectivity index (χ0v) is 8.68. The maximum atomic E-state index is 12.9. The van der Waals surface area contributed by atoms with E-state index in [-0.39, 0.29) is 18.2 Å². The number of amides is 1. The molecule has 0 saturated heterocycles. The molecule has 1 N–H and O–H groups in total. The van der Waals surface area contributed by atoms with Gasteiger partial charge < -0.3 is 5.32 Å².